The molecular formula is C22H25F3N2O4. The van der Waals surface area contributed by atoms with Crippen LogP contribution in [0.5, 0.6) is 0 Å². The number of hydrogen-bond donors (Lipinski definition) is 1. The number of aliphatic carboxylic acids is 1. The van der Waals surface area contributed by atoms with Crippen LogP contribution in [-0.2, 0) is 29.1 Å². The summed E-state index contributed by atoms with van der Waals surface area (Å²) in [5, 5.41) is 7.12. The van der Waals surface area contributed by atoms with Crippen LogP contribution in [0.2, 0.25) is 0 Å². The van der Waals surface area contributed by atoms with Gasteiger partial charge in [-0.15, -0.1) is 0 Å². The van der Waals surface area contributed by atoms with Gasteiger partial charge in [-0.1, -0.05) is 24.3 Å². The average molecular weight is 438 g/mol. The fourth-order valence-electron chi connectivity index (χ4n) is 4.23. The van der Waals surface area contributed by atoms with E-state index in [9.17, 15) is 18.0 Å². The van der Waals surface area contributed by atoms with Crippen LogP contribution in [-0.4, -0.2) is 53.1 Å². The number of piperidine rings is 1. The van der Waals surface area contributed by atoms with Crippen molar-refractivity contribution in [3.05, 3.63) is 59.5 Å². The minimum absolute atomic E-state index is 0.228. The molecule has 0 radical (unpaired) electrons. The molecule has 1 aromatic carbocycles. The summed E-state index contributed by atoms with van der Waals surface area (Å²) in [6.45, 7) is 3.57. The number of hydrogen-bond acceptors (Lipinski definition) is 4. The van der Waals surface area contributed by atoms with Crippen molar-refractivity contribution in [1.82, 2.24) is 9.80 Å². The molecule has 2 aromatic rings. The van der Waals surface area contributed by atoms with Crippen LogP contribution in [0.25, 0.3) is 0 Å². The Morgan fingerprint density at radius 3 is 2.32 bits per heavy atom. The van der Waals surface area contributed by atoms with Crippen LogP contribution in [0, 0.1) is 5.41 Å². The maximum Gasteiger partial charge on any atom is 0.490 e. The zero-order valence-electron chi connectivity index (χ0n) is 17.2. The number of likely N-dealkylation sites (tertiary alicyclic amines) is 1. The summed E-state index contributed by atoms with van der Waals surface area (Å²) in [7, 11) is 1.95. The molecule has 4 rings (SSSR count). The van der Waals surface area contributed by atoms with Crippen LogP contribution in [0.15, 0.2) is 47.3 Å². The summed E-state index contributed by atoms with van der Waals surface area (Å²) in [6.07, 6.45) is 1.20. The van der Waals surface area contributed by atoms with E-state index in [1.165, 1.54) is 16.7 Å². The Hall–Kier alpha value is -2.81. The highest BCUT2D eigenvalue weighted by Crippen LogP contribution is 2.40. The summed E-state index contributed by atoms with van der Waals surface area (Å²) in [5.74, 6) is -2.44. The molecule has 1 spiro atoms. The Labute approximate surface area is 178 Å². The van der Waals surface area contributed by atoms with E-state index in [4.69, 9.17) is 14.3 Å². The fourth-order valence-corrected chi connectivity index (χ4v) is 4.23. The molecule has 0 saturated carbocycles. The minimum atomic E-state index is -5.08. The van der Waals surface area contributed by atoms with Crippen LogP contribution in [0.1, 0.15) is 29.5 Å². The van der Waals surface area contributed by atoms with Gasteiger partial charge in [-0.3, -0.25) is 9.69 Å². The maximum atomic E-state index is 13.1. The molecule has 2 aliphatic rings. The van der Waals surface area contributed by atoms with Gasteiger partial charge in [-0.2, -0.15) is 13.2 Å². The maximum absolute atomic E-state index is 13.1. The Balaban J connectivity index is 0.000000339. The first-order valence-electron chi connectivity index (χ1n) is 9.97. The molecule has 0 atom stereocenters. The number of carbonyl (C=O) groups is 2. The molecule has 1 N–H and O–H groups in total. The van der Waals surface area contributed by atoms with E-state index in [0.717, 1.165) is 45.4 Å². The van der Waals surface area contributed by atoms with Gasteiger partial charge in [0.2, 0.25) is 5.91 Å². The molecule has 0 bridgehead atoms. The molecule has 168 valence electrons. The number of amides is 1. The second kappa shape index (κ2) is 9.13. The largest absolute Gasteiger partial charge is 0.490 e. The number of rotatable bonds is 2. The van der Waals surface area contributed by atoms with E-state index < -0.39 is 12.1 Å². The molecular weight excluding hydrogens is 413 g/mol. The van der Waals surface area contributed by atoms with Crippen molar-refractivity contribution in [2.45, 2.75) is 38.5 Å². The molecule has 0 aliphatic carbocycles. The quantitative estimate of drug-likeness (QED) is 0.774. The van der Waals surface area contributed by atoms with Crippen molar-refractivity contribution in [3.63, 3.8) is 0 Å². The van der Waals surface area contributed by atoms with Gasteiger partial charge in [-0.05, 0) is 49.5 Å². The monoisotopic (exact) mass is 438 g/mol. The zero-order valence-corrected chi connectivity index (χ0v) is 17.2. The fraction of sp³-hybridized carbons (Fsp3) is 0.455. The van der Waals surface area contributed by atoms with Gasteiger partial charge in [0.25, 0.3) is 0 Å². The number of halogens is 3. The van der Waals surface area contributed by atoms with Gasteiger partial charge in [0, 0.05) is 25.7 Å². The smallest absolute Gasteiger partial charge is 0.475 e. The van der Waals surface area contributed by atoms with Crippen LogP contribution in [0.4, 0.5) is 13.2 Å². The predicted molar refractivity (Wildman–Crippen MR) is 106 cm³/mol. The topological polar surface area (TPSA) is 74.0 Å². The lowest BCUT2D eigenvalue weighted by molar-refractivity contribution is -0.192. The highest BCUT2D eigenvalue weighted by molar-refractivity contribution is 5.83. The van der Waals surface area contributed by atoms with Crippen LogP contribution in [0.3, 0.4) is 0 Å². The molecule has 1 fully saturated rings. The van der Waals surface area contributed by atoms with Gasteiger partial charge in [-0.25, -0.2) is 4.79 Å². The Morgan fingerprint density at radius 1 is 1.16 bits per heavy atom. The molecule has 31 heavy (non-hydrogen) atoms. The van der Waals surface area contributed by atoms with Gasteiger partial charge >= 0.3 is 12.1 Å². The Bertz CT molecular complexity index is 904. The van der Waals surface area contributed by atoms with Crippen molar-refractivity contribution >= 4 is 11.9 Å². The molecule has 1 saturated heterocycles. The third-order valence-corrected chi connectivity index (χ3v) is 5.90. The number of carboxylic acid groups (broad SMARTS) is 1. The Morgan fingerprint density at radius 2 is 1.77 bits per heavy atom. The zero-order chi connectivity index (χ0) is 22.6. The standard InChI is InChI=1S/C20H24N2O2.C2HF3O2/c1-21-14-18-5-3-2-4-17(18)12-20(19(21)23)7-9-22(10-8-20)13-16-6-11-24-15-16;3-2(4,5)1(6)7/h2-6,11,15H,7-10,12-14H2,1H3;(H,6,7). The minimum Gasteiger partial charge on any atom is -0.475 e. The SMILES string of the molecule is CN1Cc2ccccc2CC2(CCN(Cc3ccoc3)CC2)C1=O.O=C(O)C(F)(F)F. The number of nitrogens with zero attached hydrogens (tertiary/aromatic N) is 2. The third kappa shape index (κ3) is 5.46. The first-order valence-corrected chi connectivity index (χ1v) is 9.97. The van der Waals surface area contributed by atoms with E-state index >= 15 is 0 Å². The number of benzene rings is 1. The summed E-state index contributed by atoms with van der Waals surface area (Å²) >= 11 is 0. The molecule has 1 amide bonds. The molecule has 9 heteroatoms. The summed E-state index contributed by atoms with van der Waals surface area (Å²) in [5.41, 5.74) is 3.62. The highest BCUT2D eigenvalue weighted by Gasteiger charge is 2.44. The normalized spacial score (nSPS) is 18.7. The van der Waals surface area contributed by atoms with Crippen molar-refractivity contribution in [2.75, 3.05) is 20.1 Å². The first kappa shape index (κ1) is 22.9. The van der Waals surface area contributed by atoms with Gasteiger partial charge < -0.3 is 14.4 Å². The van der Waals surface area contributed by atoms with Crippen molar-refractivity contribution in [3.8, 4) is 0 Å². The lowest BCUT2D eigenvalue weighted by atomic mass is 9.73. The van der Waals surface area contributed by atoms with Gasteiger partial charge in [0.15, 0.2) is 0 Å². The number of furan rings is 1. The van der Waals surface area contributed by atoms with E-state index in [2.05, 4.69) is 29.2 Å². The number of alkyl halides is 3. The van der Waals surface area contributed by atoms with Crippen LogP contribution < -0.4 is 0 Å². The summed E-state index contributed by atoms with van der Waals surface area (Å²) in [6, 6.07) is 10.5. The first-order chi connectivity index (χ1) is 14.6. The van der Waals surface area contributed by atoms with Gasteiger partial charge in [0.05, 0.1) is 17.9 Å². The molecule has 0 unspecified atom stereocenters. The van der Waals surface area contributed by atoms with E-state index in [1.807, 2.05) is 24.3 Å². The Kier molecular flexibility index (Phi) is 6.74. The second-order valence-corrected chi connectivity index (χ2v) is 8.10. The van der Waals surface area contributed by atoms with Crippen molar-refractivity contribution in [2.24, 2.45) is 5.41 Å². The average Bonchev–Trinajstić information content (AvgIpc) is 3.20. The summed E-state index contributed by atoms with van der Waals surface area (Å²) < 4.78 is 36.9. The van der Waals surface area contributed by atoms with E-state index in [1.54, 1.807) is 6.26 Å². The van der Waals surface area contributed by atoms with E-state index in [0.29, 0.717) is 5.91 Å². The molecule has 1 aromatic heterocycles. The number of carbonyl (C=O) groups excluding carboxylic acids is 1. The predicted octanol–water partition coefficient (Wildman–Crippen LogP) is 3.71. The number of carboxylic acids is 1. The molecule has 2 aliphatic heterocycles. The molecule has 6 nitrogen and oxygen atoms in total. The summed E-state index contributed by atoms with van der Waals surface area (Å²) in [4.78, 5) is 26.4. The second-order valence-electron chi connectivity index (χ2n) is 8.10. The highest BCUT2D eigenvalue weighted by atomic mass is 19.4. The third-order valence-electron chi connectivity index (χ3n) is 5.90. The lowest BCUT2D eigenvalue weighted by Gasteiger charge is -2.41. The van der Waals surface area contributed by atoms with Crippen molar-refractivity contribution in [1.29, 1.82) is 0 Å². The number of fused-ring (bicyclic) bond motifs is 1. The lowest BCUT2D eigenvalue weighted by Crippen LogP contribution is -2.49. The van der Waals surface area contributed by atoms with Crippen molar-refractivity contribution < 1.29 is 32.3 Å². The van der Waals surface area contributed by atoms with Gasteiger partial charge in [0.1, 0.15) is 0 Å². The van der Waals surface area contributed by atoms with E-state index in [-0.39, 0.29) is 5.41 Å². The van der Waals surface area contributed by atoms with Crippen LogP contribution >= 0.6 is 0 Å². The molecule has 3 heterocycles.